The monoisotopic (exact) mass is 394 g/mol. The maximum atomic E-state index is 13.1. The van der Waals surface area contributed by atoms with E-state index in [1.807, 2.05) is 4.90 Å². The number of rotatable bonds is 6. The van der Waals surface area contributed by atoms with E-state index in [-0.39, 0.29) is 42.8 Å². The van der Waals surface area contributed by atoms with Crippen LogP contribution in [-0.4, -0.2) is 59.1 Å². The molecule has 0 spiro atoms. The number of carbonyl (C=O) groups excluding carboxylic acids is 2. The second kappa shape index (κ2) is 9.22. The highest BCUT2D eigenvalue weighted by Crippen LogP contribution is 2.39. The van der Waals surface area contributed by atoms with Crippen LogP contribution >= 0.6 is 0 Å². The first-order valence-electron chi connectivity index (χ1n) is 10.7. The summed E-state index contributed by atoms with van der Waals surface area (Å²) in [6, 6.07) is -0.171. The summed E-state index contributed by atoms with van der Waals surface area (Å²) < 4.78 is 0. The fourth-order valence-electron chi connectivity index (χ4n) is 5.34. The number of fused-ring (bicyclic) bond motifs is 1. The molecule has 1 aliphatic carbocycles. The third kappa shape index (κ3) is 5.03. The maximum Gasteiger partial charge on any atom is 0.305 e. The molecule has 0 radical (unpaired) electrons. The van der Waals surface area contributed by atoms with Gasteiger partial charge in [-0.05, 0) is 63.8 Å². The van der Waals surface area contributed by atoms with Gasteiger partial charge in [-0.1, -0.05) is 0 Å². The topological polar surface area (TPSA) is 125 Å². The van der Waals surface area contributed by atoms with Gasteiger partial charge in [-0.25, -0.2) is 0 Å². The number of nitrogens with one attached hydrogen (secondary N) is 2. The maximum absolute atomic E-state index is 13.1. The Bertz CT molecular complexity index is 599. The molecule has 8 nitrogen and oxygen atoms in total. The normalized spacial score (nSPS) is 34.4. The van der Waals surface area contributed by atoms with Crippen LogP contribution in [0.4, 0.5) is 0 Å². The molecular formula is C20H34N4O4. The smallest absolute Gasteiger partial charge is 0.305 e. The number of carboxylic acid groups (broad SMARTS) is 1. The van der Waals surface area contributed by atoms with Crippen LogP contribution < -0.4 is 16.4 Å². The number of nitrogens with zero attached hydrogens (tertiary/aromatic N) is 1. The van der Waals surface area contributed by atoms with Crippen LogP contribution in [0.15, 0.2) is 0 Å². The van der Waals surface area contributed by atoms with E-state index in [1.54, 1.807) is 6.92 Å². The Kier molecular flexibility index (Phi) is 6.93. The zero-order valence-electron chi connectivity index (χ0n) is 16.7. The number of carboxylic acids is 1. The van der Waals surface area contributed by atoms with Crippen LogP contribution in [0.1, 0.15) is 58.3 Å². The summed E-state index contributed by atoms with van der Waals surface area (Å²) in [4.78, 5) is 38.1. The van der Waals surface area contributed by atoms with Gasteiger partial charge >= 0.3 is 5.97 Å². The number of nitrogens with two attached hydrogens (primary N) is 1. The van der Waals surface area contributed by atoms with Crippen LogP contribution in [0, 0.1) is 17.8 Å². The minimum atomic E-state index is -0.944. The summed E-state index contributed by atoms with van der Waals surface area (Å²) in [6.45, 7) is 3.39. The molecule has 0 aromatic rings. The number of likely N-dealkylation sites (tertiary alicyclic amines) is 1. The first-order chi connectivity index (χ1) is 13.3. The summed E-state index contributed by atoms with van der Waals surface area (Å²) in [5.41, 5.74) is 6.21. The van der Waals surface area contributed by atoms with Crippen molar-refractivity contribution in [1.29, 1.82) is 0 Å². The molecule has 3 fully saturated rings. The van der Waals surface area contributed by atoms with Crippen molar-refractivity contribution in [3.8, 4) is 0 Å². The lowest BCUT2D eigenvalue weighted by Gasteiger charge is -2.47. The summed E-state index contributed by atoms with van der Waals surface area (Å²) in [7, 11) is 0. The Morgan fingerprint density at radius 3 is 2.86 bits per heavy atom. The van der Waals surface area contributed by atoms with Crippen molar-refractivity contribution < 1.29 is 19.5 Å². The SMILES string of the molecule is C[C@H](CC(=O)O)NC(=O)C[C@H]1CCCN([C@@H]2CCC3C(CCN[C@H]3N)C2)C1=O. The van der Waals surface area contributed by atoms with E-state index < -0.39 is 12.0 Å². The number of piperidine rings is 2. The van der Waals surface area contributed by atoms with Crippen LogP contribution in [0.3, 0.4) is 0 Å². The van der Waals surface area contributed by atoms with E-state index in [0.29, 0.717) is 11.8 Å². The molecule has 0 bridgehead atoms. The highest BCUT2D eigenvalue weighted by Gasteiger charge is 2.41. The molecule has 6 atom stereocenters. The lowest BCUT2D eigenvalue weighted by atomic mass is 9.71. The van der Waals surface area contributed by atoms with Crippen molar-refractivity contribution in [3.05, 3.63) is 0 Å². The zero-order valence-corrected chi connectivity index (χ0v) is 16.7. The summed E-state index contributed by atoms with van der Waals surface area (Å²) >= 11 is 0. The molecule has 0 aromatic carbocycles. The highest BCUT2D eigenvalue weighted by molar-refractivity contribution is 5.86. The van der Waals surface area contributed by atoms with Crippen molar-refractivity contribution in [3.63, 3.8) is 0 Å². The third-order valence-electron chi connectivity index (χ3n) is 6.71. The van der Waals surface area contributed by atoms with E-state index >= 15 is 0 Å². The van der Waals surface area contributed by atoms with Crippen LogP contribution in [-0.2, 0) is 14.4 Å². The summed E-state index contributed by atoms with van der Waals surface area (Å²) in [5, 5.41) is 14.9. The predicted molar refractivity (Wildman–Crippen MR) is 104 cm³/mol. The number of aliphatic carboxylic acids is 1. The molecule has 2 aliphatic heterocycles. The molecule has 2 saturated heterocycles. The molecular weight excluding hydrogens is 360 g/mol. The van der Waals surface area contributed by atoms with Gasteiger partial charge in [0.15, 0.2) is 0 Å². The number of carbonyl (C=O) groups is 3. The largest absolute Gasteiger partial charge is 0.481 e. The van der Waals surface area contributed by atoms with Crippen LogP contribution in [0.2, 0.25) is 0 Å². The van der Waals surface area contributed by atoms with Crippen molar-refractivity contribution in [2.24, 2.45) is 23.5 Å². The second-order valence-corrected chi connectivity index (χ2v) is 8.80. The molecule has 1 saturated carbocycles. The van der Waals surface area contributed by atoms with Crippen LogP contribution in [0.5, 0.6) is 0 Å². The molecule has 2 heterocycles. The van der Waals surface area contributed by atoms with Gasteiger partial charge in [-0.2, -0.15) is 0 Å². The van der Waals surface area contributed by atoms with Crippen LogP contribution in [0.25, 0.3) is 0 Å². The quantitative estimate of drug-likeness (QED) is 0.524. The van der Waals surface area contributed by atoms with E-state index in [2.05, 4.69) is 10.6 Å². The molecule has 2 amide bonds. The van der Waals surface area contributed by atoms with Gasteiger partial charge in [0.1, 0.15) is 0 Å². The van der Waals surface area contributed by atoms with E-state index in [4.69, 9.17) is 10.8 Å². The van der Waals surface area contributed by atoms with E-state index in [1.165, 1.54) is 0 Å². The highest BCUT2D eigenvalue weighted by atomic mass is 16.4. The number of hydrogen-bond donors (Lipinski definition) is 4. The lowest BCUT2D eigenvalue weighted by Crippen LogP contribution is -2.56. The Hall–Kier alpha value is -1.67. The standard InChI is InChI=1S/C20H34N4O4/c1-12(9-18(26)27)23-17(25)11-14-3-2-8-24(20(14)28)15-4-5-16-13(10-15)6-7-22-19(16)21/h12-16,19,22H,2-11,21H2,1H3,(H,23,25)(H,26,27)/t12-,13?,14-,15-,16?,19-/m1/s1. The number of hydrogen-bond acceptors (Lipinski definition) is 5. The first-order valence-corrected chi connectivity index (χ1v) is 10.7. The first kappa shape index (κ1) is 21.0. The Balaban J connectivity index is 1.54. The lowest BCUT2D eigenvalue weighted by molar-refractivity contribution is -0.145. The van der Waals surface area contributed by atoms with E-state index in [9.17, 15) is 14.4 Å². The Morgan fingerprint density at radius 2 is 2.11 bits per heavy atom. The molecule has 28 heavy (non-hydrogen) atoms. The van der Waals surface area contributed by atoms with Gasteiger partial charge in [-0.15, -0.1) is 0 Å². The molecule has 3 aliphatic rings. The summed E-state index contributed by atoms with van der Waals surface area (Å²) in [5.74, 6) is -0.304. The molecule has 5 N–H and O–H groups in total. The van der Waals surface area contributed by atoms with Gasteiger partial charge in [-0.3, -0.25) is 14.4 Å². The molecule has 8 heteroatoms. The van der Waals surface area contributed by atoms with Gasteiger partial charge in [0.05, 0.1) is 12.6 Å². The zero-order chi connectivity index (χ0) is 20.3. The van der Waals surface area contributed by atoms with Gasteiger partial charge in [0.25, 0.3) is 0 Å². The summed E-state index contributed by atoms with van der Waals surface area (Å²) in [6.07, 6.45) is 5.90. The number of amides is 2. The Morgan fingerprint density at radius 1 is 1.32 bits per heavy atom. The van der Waals surface area contributed by atoms with Gasteiger partial charge < -0.3 is 26.4 Å². The second-order valence-electron chi connectivity index (χ2n) is 8.80. The molecule has 158 valence electrons. The van der Waals surface area contributed by atoms with Crippen molar-refractivity contribution in [2.75, 3.05) is 13.1 Å². The minimum absolute atomic E-state index is 0.0704. The minimum Gasteiger partial charge on any atom is -0.481 e. The van der Waals surface area contributed by atoms with E-state index in [0.717, 1.165) is 51.6 Å². The fraction of sp³-hybridized carbons (Fsp3) is 0.850. The molecule has 3 rings (SSSR count). The van der Waals surface area contributed by atoms with Crippen molar-refractivity contribution >= 4 is 17.8 Å². The van der Waals surface area contributed by atoms with Gasteiger partial charge in [0, 0.05) is 31.0 Å². The molecule has 2 unspecified atom stereocenters. The Labute approximate surface area is 166 Å². The van der Waals surface area contributed by atoms with Crippen molar-refractivity contribution in [1.82, 2.24) is 15.5 Å². The average molecular weight is 395 g/mol. The fourth-order valence-corrected chi connectivity index (χ4v) is 5.34. The average Bonchev–Trinajstić information content (AvgIpc) is 2.62. The van der Waals surface area contributed by atoms with Gasteiger partial charge in [0.2, 0.25) is 11.8 Å². The predicted octanol–water partition coefficient (Wildman–Crippen LogP) is 0.658. The molecule has 0 aromatic heterocycles. The third-order valence-corrected chi connectivity index (χ3v) is 6.71. The van der Waals surface area contributed by atoms with Crippen molar-refractivity contribution in [2.45, 2.75) is 76.5 Å².